The lowest BCUT2D eigenvalue weighted by molar-refractivity contribution is -0.117. The maximum atomic E-state index is 12.7. The van der Waals surface area contributed by atoms with Crippen LogP contribution in [0.25, 0.3) is 0 Å². The number of anilines is 1. The van der Waals surface area contributed by atoms with Crippen LogP contribution < -0.4 is 11.1 Å². The summed E-state index contributed by atoms with van der Waals surface area (Å²) in [4.78, 5) is 42.9. The van der Waals surface area contributed by atoms with Gasteiger partial charge in [0.25, 0.3) is 11.8 Å². The standard InChI is InChI=1S/C21H26N4O3S2/c1-13-4-5-14-16(11-13)30-20(18(14)19(22)27)23-17(26)12-24-6-8-25(9-7-24)21(28)15-3-2-10-29-15/h2-3,10,13H,4-9,11-12H2,1H3,(H2,22,27)(H,23,26). The van der Waals surface area contributed by atoms with E-state index in [9.17, 15) is 14.4 Å². The van der Waals surface area contributed by atoms with E-state index in [0.29, 0.717) is 42.7 Å². The Labute approximate surface area is 183 Å². The SMILES string of the molecule is CC1CCc2c(sc(NC(=O)CN3CCN(C(=O)c4cccs4)CC3)c2C(N)=O)C1. The highest BCUT2D eigenvalue weighted by molar-refractivity contribution is 7.17. The molecular weight excluding hydrogens is 420 g/mol. The zero-order valence-electron chi connectivity index (χ0n) is 17.0. The Balaban J connectivity index is 1.35. The first-order valence-corrected chi connectivity index (χ1v) is 11.9. The summed E-state index contributed by atoms with van der Waals surface area (Å²) in [5, 5.41) is 5.41. The van der Waals surface area contributed by atoms with Gasteiger partial charge in [-0.05, 0) is 42.2 Å². The predicted molar refractivity (Wildman–Crippen MR) is 119 cm³/mol. The maximum absolute atomic E-state index is 12.7. The molecule has 9 heteroatoms. The summed E-state index contributed by atoms with van der Waals surface area (Å²) in [6, 6.07) is 3.71. The number of fused-ring (bicyclic) bond motifs is 1. The highest BCUT2D eigenvalue weighted by atomic mass is 32.1. The molecule has 1 unspecified atom stereocenters. The van der Waals surface area contributed by atoms with Crippen molar-refractivity contribution in [1.29, 1.82) is 0 Å². The van der Waals surface area contributed by atoms with Crippen LogP contribution >= 0.6 is 22.7 Å². The number of hydrogen-bond donors (Lipinski definition) is 2. The summed E-state index contributed by atoms with van der Waals surface area (Å²) in [7, 11) is 0. The highest BCUT2D eigenvalue weighted by Crippen LogP contribution is 2.39. The zero-order valence-corrected chi connectivity index (χ0v) is 18.6. The van der Waals surface area contributed by atoms with Gasteiger partial charge in [0.2, 0.25) is 5.91 Å². The van der Waals surface area contributed by atoms with E-state index in [-0.39, 0.29) is 18.4 Å². The lowest BCUT2D eigenvalue weighted by Crippen LogP contribution is -2.50. The molecule has 0 bridgehead atoms. The van der Waals surface area contributed by atoms with Gasteiger partial charge >= 0.3 is 0 Å². The average Bonchev–Trinajstić information content (AvgIpc) is 3.35. The second-order valence-electron chi connectivity index (χ2n) is 8.01. The van der Waals surface area contributed by atoms with E-state index in [1.165, 1.54) is 27.6 Å². The van der Waals surface area contributed by atoms with E-state index in [4.69, 9.17) is 5.73 Å². The van der Waals surface area contributed by atoms with Gasteiger partial charge in [0, 0.05) is 31.1 Å². The lowest BCUT2D eigenvalue weighted by atomic mass is 9.88. The Bertz CT molecular complexity index is 946. The molecular formula is C21H26N4O3S2. The van der Waals surface area contributed by atoms with Crippen molar-refractivity contribution in [2.75, 3.05) is 38.0 Å². The molecule has 2 aromatic rings. The minimum Gasteiger partial charge on any atom is -0.365 e. The molecule has 4 rings (SSSR count). The van der Waals surface area contributed by atoms with Gasteiger partial charge in [-0.2, -0.15) is 0 Å². The fourth-order valence-corrected chi connectivity index (χ4v) is 6.26. The molecule has 160 valence electrons. The molecule has 1 aliphatic carbocycles. The number of nitrogens with zero attached hydrogens (tertiary/aromatic N) is 2. The van der Waals surface area contributed by atoms with E-state index in [2.05, 4.69) is 12.2 Å². The second kappa shape index (κ2) is 8.87. The Morgan fingerprint density at radius 3 is 2.67 bits per heavy atom. The molecule has 2 aromatic heterocycles. The van der Waals surface area contributed by atoms with Crippen molar-refractivity contribution in [3.8, 4) is 0 Å². The van der Waals surface area contributed by atoms with E-state index >= 15 is 0 Å². The van der Waals surface area contributed by atoms with Crippen LogP contribution in [-0.2, 0) is 17.6 Å². The minimum absolute atomic E-state index is 0.0543. The van der Waals surface area contributed by atoms with Crippen molar-refractivity contribution in [1.82, 2.24) is 9.80 Å². The molecule has 0 spiro atoms. The molecule has 0 radical (unpaired) electrons. The van der Waals surface area contributed by atoms with Gasteiger partial charge < -0.3 is 16.0 Å². The summed E-state index contributed by atoms with van der Waals surface area (Å²) >= 11 is 2.93. The van der Waals surface area contributed by atoms with Gasteiger partial charge in [0.1, 0.15) is 5.00 Å². The molecule has 0 saturated carbocycles. The number of rotatable bonds is 5. The van der Waals surface area contributed by atoms with Gasteiger partial charge in [-0.15, -0.1) is 22.7 Å². The number of piperazine rings is 1. The molecule has 1 saturated heterocycles. The lowest BCUT2D eigenvalue weighted by Gasteiger charge is -2.34. The van der Waals surface area contributed by atoms with Crippen LogP contribution in [0, 0.1) is 5.92 Å². The topological polar surface area (TPSA) is 95.7 Å². The number of hydrogen-bond acceptors (Lipinski definition) is 6. The maximum Gasteiger partial charge on any atom is 0.264 e. The van der Waals surface area contributed by atoms with Crippen LogP contribution in [0.5, 0.6) is 0 Å². The Kier molecular flexibility index (Phi) is 6.21. The van der Waals surface area contributed by atoms with E-state index in [1.54, 1.807) is 0 Å². The number of carbonyl (C=O) groups excluding carboxylic acids is 3. The summed E-state index contributed by atoms with van der Waals surface area (Å²) in [6.45, 7) is 4.92. The number of carbonyl (C=O) groups is 3. The zero-order chi connectivity index (χ0) is 21.3. The quantitative estimate of drug-likeness (QED) is 0.737. The smallest absolute Gasteiger partial charge is 0.264 e. The molecule has 1 aliphatic heterocycles. The third-order valence-electron chi connectivity index (χ3n) is 5.77. The first-order chi connectivity index (χ1) is 14.4. The number of thiophene rings is 2. The number of primary amides is 1. The monoisotopic (exact) mass is 446 g/mol. The molecule has 2 aliphatic rings. The Morgan fingerprint density at radius 1 is 1.23 bits per heavy atom. The second-order valence-corrected chi connectivity index (χ2v) is 10.1. The van der Waals surface area contributed by atoms with Crippen molar-refractivity contribution in [3.63, 3.8) is 0 Å². The van der Waals surface area contributed by atoms with Crippen LogP contribution in [0.1, 0.15) is 43.8 Å². The molecule has 30 heavy (non-hydrogen) atoms. The molecule has 7 nitrogen and oxygen atoms in total. The van der Waals surface area contributed by atoms with Crippen LogP contribution in [0.3, 0.4) is 0 Å². The Morgan fingerprint density at radius 2 is 2.00 bits per heavy atom. The van der Waals surface area contributed by atoms with Crippen LogP contribution in [0.2, 0.25) is 0 Å². The van der Waals surface area contributed by atoms with Gasteiger partial charge in [0.05, 0.1) is 17.0 Å². The van der Waals surface area contributed by atoms with Crippen molar-refractivity contribution in [2.24, 2.45) is 11.7 Å². The molecule has 1 fully saturated rings. The van der Waals surface area contributed by atoms with Gasteiger partial charge in [-0.1, -0.05) is 13.0 Å². The molecule has 3 N–H and O–H groups in total. The van der Waals surface area contributed by atoms with E-state index in [1.807, 2.05) is 27.3 Å². The fourth-order valence-electron chi connectivity index (χ4n) is 4.13. The first kappa shape index (κ1) is 21.0. The third kappa shape index (κ3) is 4.43. The highest BCUT2D eigenvalue weighted by Gasteiger charge is 2.28. The number of nitrogens with two attached hydrogens (primary N) is 1. The van der Waals surface area contributed by atoms with Gasteiger partial charge in [0.15, 0.2) is 0 Å². The van der Waals surface area contributed by atoms with Crippen LogP contribution in [-0.4, -0.2) is 60.2 Å². The van der Waals surface area contributed by atoms with E-state index < -0.39 is 5.91 Å². The van der Waals surface area contributed by atoms with Crippen molar-refractivity contribution in [2.45, 2.75) is 26.2 Å². The third-order valence-corrected chi connectivity index (χ3v) is 7.80. The van der Waals surface area contributed by atoms with Crippen molar-refractivity contribution >= 4 is 45.4 Å². The largest absolute Gasteiger partial charge is 0.365 e. The minimum atomic E-state index is -0.474. The van der Waals surface area contributed by atoms with E-state index in [0.717, 1.165) is 29.7 Å². The molecule has 1 atom stereocenters. The predicted octanol–water partition coefficient (Wildman–Crippen LogP) is 2.43. The molecule has 3 amide bonds. The Hall–Kier alpha value is -2.23. The van der Waals surface area contributed by atoms with Crippen molar-refractivity contribution in [3.05, 3.63) is 38.4 Å². The van der Waals surface area contributed by atoms with Crippen molar-refractivity contribution < 1.29 is 14.4 Å². The van der Waals surface area contributed by atoms with Crippen LogP contribution in [0.15, 0.2) is 17.5 Å². The molecule has 3 heterocycles. The number of amides is 3. The van der Waals surface area contributed by atoms with Gasteiger partial charge in [-0.25, -0.2) is 0 Å². The number of nitrogens with one attached hydrogen (secondary N) is 1. The molecule has 0 aromatic carbocycles. The summed E-state index contributed by atoms with van der Waals surface area (Å²) in [6.07, 6.45) is 2.80. The fraction of sp³-hybridized carbons (Fsp3) is 0.476. The average molecular weight is 447 g/mol. The van der Waals surface area contributed by atoms with Gasteiger partial charge in [-0.3, -0.25) is 19.3 Å². The summed E-state index contributed by atoms with van der Waals surface area (Å²) in [5.41, 5.74) is 7.13. The normalized spacial score (nSPS) is 19.4. The summed E-state index contributed by atoms with van der Waals surface area (Å²) in [5.74, 6) is 0.00689. The summed E-state index contributed by atoms with van der Waals surface area (Å²) < 4.78 is 0. The van der Waals surface area contributed by atoms with Crippen LogP contribution in [0.4, 0.5) is 5.00 Å². The first-order valence-electron chi connectivity index (χ1n) is 10.2.